The Morgan fingerprint density at radius 2 is 1.47 bits per heavy atom. The fourth-order valence-corrected chi connectivity index (χ4v) is 2.07. The van der Waals surface area contributed by atoms with Crippen molar-refractivity contribution < 1.29 is 5.11 Å². The molecule has 17 heavy (non-hydrogen) atoms. The Bertz CT molecular complexity index is 329. The molecular weight excluding hydrogens is 210 g/mol. The van der Waals surface area contributed by atoms with Crippen molar-refractivity contribution in [2.24, 2.45) is 11.7 Å². The number of rotatable bonds is 5. The zero-order valence-corrected chi connectivity index (χ0v) is 11.4. The summed E-state index contributed by atoms with van der Waals surface area (Å²) >= 11 is 0. The van der Waals surface area contributed by atoms with Gasteiger partial charge in [-0.2, -0.15) is 0 Å². The van der Waals surface area contributed by atoms with Crippen LogP contribution in [0.2, 0.25) is 0 Å². The molecule has 1 rings (SSSR count). The van der Waals surface area contributed by atoms with Gasteiger partial charge in [0.2, 0.25) is 0 Å². The van der Waals surface area contributed by atoms with Crippen LogP contribution >= 0.6 is 0 Å². The van der Waals surface area contributed by atoms with Gasteiger partial charge in [0.25, 0.3) is 0 Å². The highest BCUT2D eigenvalue weighted by molar-refractivity contribution is 5.28. The average Bonchev–Trinajstić information content (AvgIpc) is 2.30. The Morgan fingerprint density at radius 1 is 1.00 bits per heavy atom. The minimum Gasteiger partial charge on any atom is -0.392 e. The first-order valence-electron chi connectivity index (χ1n) is 6.45. The third-order valence-electron chi connectivity index (χ3n) is 3.38. The quantitative estimate of drug-likeness (QED) is 0.824. The molecule has 0 bridgehead atoms. The fraction of sp³-hybridized carbons (Fsp3) is 0.600. The van der Waals surface area contributed by atoms with Crippen molar-refractivity contribution in [2.45, 2.75) is 45.6 Å². The normalized spacial score (nSPS) is 15.3. The number of hydrogen-bond acceptors (Lipinski definition) is 2. The molecule has 2 nitrogen and oxygen atoms in total. The molecule has 2 atom stereocenters. The Balaban J connectivity index is 2.89. The number of aliphatic hydroxyl groups excluding tert-OH is 1. The first-order valence-corrected chi connectivity index (χ1v) is 6.45. The van der Waals surface area contributed by atoms with E-state index in [1.54, 1.807) is 0 Å². The van der Waals surface area contributed by atoms with E-state index in [0.717, 1.165) is 5.56 Å². The Labute approximate surface area is 105 Å². The third kappa shape index (κ3) is 3.55. The highest BCUT2D eigenvalue weighted by atomic mass is 16.3. The first-order chi connectivity index (χ1) is 7.97. The number of aliphatic hydroxyl groups is 1. The van der Waals surface area contributed by atoms with Gasteiger partial charge in [0.1, 0.15) is 0 Å². The Morgan fingerprint density at radius 3 is 1.82 bits per heavy atom. The standard InChI is InChI=1S/C15H25NO/c1-10(2)12-5-7-13(8-6-12)14(9-16)15(17)11(3)4/h5-8,10-11,14-15,17H,9,16H2,1-4H3. The molecule has 2 unspecified atom stereocenters. The molecule has 2 heteroatoms. The van der Waals surface area contributed by atoms with Crippen molar-refractivity contribution in [3.8, 4) is 0 Å². The molecule has 0 heterocycles. The van der Waals surface area contributed by atoms with Crippen LogP contribution in [0.15, 0.2) is 24.3 Å². The average molecular weight is 235 g/mol. The molecule has 1 aromatic rings. The third-order valence-corrected chi connectivity index (χ3v) is 3.38. The molecule has 0 saturated carbocycles. The van der Waals surface area contributed by atoms with Gasteiger partial charge in [-0.1, -0.05) is 52.0 Å². The van der Waals surface area contributed by atoms with Gasteiger partial charge in [-0.05, 0) is 23.0 Å². The van der Waals surface area contributed by atoms with E-state index in [2.05, 4.69) is 38.1 Å². The lowest BCUT2D eigenvalue weighted by molar-refractivity contribution is 0.0985. The summed E-state index contributed by atoms with van der Waals surface area (Å²) in [5.74, 6) is 0.805. The van der Waals surface area contributed by atoms with Gasteiger partial charge in [0.15, 0.2) is 0 Å². The predicted octanol–water partition coefficient (Wildman–Crippen LogP) is 2.87. The maximum absolute atomic E-state index is 10.1. The van der Waals surface area contributed by atoms with Gasteiger partial charge in [0.05, 0.1) is 6.10 Å². The molecule has 1 aromatic carbocycles. The molecule has 0 amide bonds. The van der Waals surface area contributed by atoms with E-state index in [4.69, 9.17) is 5.73 Å². The van der Waals surface area contributed by atoms with Gasteiger partial charge in [-0.15, -0.1) is 0 Å². The minimum atomic E-state index is -0.370. The van der Waals surface area contributed by atoms with Crippen LogP contribution in [0.4, 0.5) is 0 Å². The van der Waals surface area contributed by atoms with Crippen molar-refractivity contribution in [1.82, 2.24) is 0 Å². The van der Waals surface area contributed by atoms with Crippen LogP contribution in [0, 0.1) is 5.92 Å². The van der Waals surface area contributed by atoms with E-state index < -0.39 is 0 Å². The summed E-state index contributed by atoms with van der Waals surface area (Å²) in [5.41, 5.74) is 8.24. The molecule has 0 aliphatic heterocycles. The second-order valence-corrected chi connectivity index (χ2v) is 5.40. The van der Waals surface area contributed by atoms with E-state index in [9.17, 15) is 5.11 Å². The molecule has 0 fully saturated rings. The molecule has 0 aliphatic rings. The lowest BCUT2D eigenvalue weighted by atomic mass is 9.86. The van der Waals surface area contributed by atoms with Gasteiger partial charge in [0, 0.05) is 12.5 Å². The zero-order chi connectivity index (χ0) is 13.0. The Kier molecular flexibility index (Phi) is 5.16. The highest BCUT2D eigenvalue weighted by Gasteiger charge is 2.22. The van der Waals surface area contributed by atoms with Gasteiger partial charge in [-0.25, -0.2) is 0 Å². The summed E-state index contributed by atoms with van der Waals surface area (Å²) in [6.45, 7) is 8.89. The molecule has 0 radical (unpaired) electrons. The molecule has 0 aliphatic carbocycles. The van der Waals surface area contributed by atoms with Crippen LogP contribution in [0.5, 0.6) is 0 Å². The summed E-state index contributed by atoms with van der Waals surface area (Å²) in [6.07, 6.45) is -0.370. The van der Waals surface area contributed by atoms with Crippen molar-refractivity contribution in [2.75, 3.05) is 6.54 Å². The van der Waals surface area contributed by atoms with E-state index >= 15 is 0 Å². The molecular formula is C15H25NO. The number of hydrogen-bond donors (Lipinski definition) is 2. The van der Waals surface area contributed by atoms with E-state index in [-0.39, 0.29) is 17.9 Å². The maximum Gasteiger partial charge on any atom is 0.0643 e. The van der Waals surface area contributed by atoms with Crippen molar-refractivity contribution in [1.29, 1.82) is 0 Å². The van der Waals surface area contributed by atoms with Gasteiger partial charge in [-0.3, -0.25) is 0 Å². The van der Waals surface area contributed by atoms with Crippen LogP contribution in [0.1, 0.15) is 50.7 Å². The van der Waals surface area contributed by atoms with E-state index in [1.165, 1.54) is 5.56 Å². The molecule has 3 N–H and O–H groups in total. The molecule has 0 spiro atoms. The van der Waals surface area contributed by atoms with Gasteiger partial charge >= 0.3 is 0 Å². The second-order valence-electron chi connectivity index (χ2n) is 5.40. The summed E-state index contributed by atoms with van der Waals surface area (Å²) in [7, 11) is 0. The van der Waals surface area contributed by atoms with Crippen LogP contribution in [-0.2, 0) is 0 Å². The number of benzene rings is 1. The monoisotopic (exact) mass is 235 g/mol. The topological polar surface area (TPSA) is 46.2 Å². The van der Waals surface area contributed by atoms with Crippen LogP contribution in [0.3, 0.4) is 0 Å². The largest absolute Gasteiger partial charge is 0.392 e. The summed E-state index contributed by atoms with van der Waals surface area (Å²) in [4.78, 5) is 0. The van der Waals surface area contributed by atoms with Crippen molar-refractivity contribution in [3.05, 3.63) is 35.4 Å². The maximum atomic E-state index is 10.1. The van der Waals surface area contributed by atoms with E-state index in [1.807, 2.05) is 13.8 Å². The SMILES string of the molecule is CC(C)c1ccc(C(CN)C(O)C(C)C)cc1. The van der Waals surface area contributed by atoms with Crippen molar-refractivity contribution in [3.63, 3.8) is 0 Å². The summed E-state index contributed by atoms with van der Waals surface area (Å²) < 4.78 is 0. The highest BCUT2D eigenvalue weighted by Crippen LogP contribution is 2.25. The van der Waals surface area contributed by atoms with Gasteiger partial charge < -0.3 is 10.8 Å². The first kappa shape index (κ1) is 14.2. The number of nitrogens with two attached hydrogens (primary N) is 1. The molecule has 0 aromatic heterocycles. The predicted molar refractivity (Wildman–Crippen MR) is 73.2 cm³/mol. The molecule has 96 valence electrons. The van der Waals surface area contributed by atoms with Crippen LogP contribution in [-0.4, -0.2) is 17.8 Å². The summed E-state index contributed by atoms with van der Waals surface area (Å²) in [5, 5.41) is 10.1. The second kappa shape index (κ2) is 6.18. The van der Waals surface area contributed by atoms with E-state index in [0.29, 0.717) is 12.5 Å². The lowest BCUT2D eigenvalue weighted by Gasteiger charge is -2.25. The minimum absolute atomic E-state index is 0.0382. The summed E-state index contributed by atoms with van der Waals surface area (Å²) in [6, 6.07) is 8.46. The Hall–Kier alpha value is -0.860. The fourth-order valence-electron chi connectivity index (χ4n) is 2.07. The zero-order valence-electron chi connectivity index (χ0n) is 11.4. The smallest absolute Gasteiger partial charge is 0.0643 e. The van der Waals surface area contributed by atoms with Crippen molar-refractivity contribution >= 4 is 0 Å². The molecule has 0 saturated heterocycles. The lowest BCUT2D eigenvalue weighted by Crippen LogP contribution is -2.29. The van der Waals surface area contributed by atoms with Crippen LogP contribution < -0.4 is 5.73 Å². The van der Waals surface area contributed by atoms with Crippen LogP contribution in [0.25, 0.3) is 0 Å².